The fourth-order valence-electron chi connectivity index (χ4n) is 4.51. The zero-order chi connectivity index (χ0) is 33.2. The average Bonchev–Trinajstić information content (AvgIpc) is 3.13. The maximum Gasteiger partial charge on any atom is 1.00 e. The van der Waals surface area contributed by atoms with Gasteiger partial charge in [-0.1, -0.05) is 48.5 Å². The molecule has 0 aliphatic heterocycles. The van der Waals surface area contributed by atoms with Crippen molar-refractivity contribution in [2.75, 3.05) is 38.8 Å². The van der Waals surface area contributed by atoms with Gasteiger partial charge in [-0.15, -0.1) is 0 Å². The summed E-state index contributed by atoms with van der Waals surface area (Å²) in [5.74, 6) is 3.14. The topological polar surface area (TPSA) is 130 Å². The third kappa shape index (κ3) is 13.6. The summed E-state index contributed by atoms with van der Waals surface area (Å²) in [6, 6.07) is 29.4. The molecule has 3 N–H and O–H groups in total. The molecule has 0 saturated heterocycles. The van der Waals surface area contributed by atoms with Crippen molar-refractivity contribution in [2.24, 2.45) is 5.41 Å². The Morgan fingerprint density at radius 3 is 1.15 bits per heavy atom. The predicted molar refractivity (Wildman–Crippen MR) is 180 cm³/mol. The van der Waals surface area contributed by atoms with Crippen LogP contribution in [0.1, 0.15) is 35.1 Å². The molecule has 0 aromatic heterocycles. The fourth-order valence-corrected chi connectivity index (χ4v) is 4.83. The van der Waals surface area contributed by atoms with Crippen molar-refractivity contribution in [3.63, 3.8) is 0 Å². The molecule has 48 heavy (non-hydrogen) atoms. The molecule has 0 radical (unpaired) electrons. The van der Waals surface area contributed by atoms with Crippen molar-refractivity contribution in [1.82, 2.24) is 0 Å². The Morgan fingerprint density at radius 2 is 0.833 bits per heavy atom. The summed E-state index contributed by atoms with van der Waals surface area (Å²) in [7, 11) is 0. The van der Waals surface area contributed by atoms with E-state index < -0.39 is 5.41 Å². The van der Waals surface area contributed by atoms with Crippen LogP contribution >= 0.6 is 12.0 Å². The van der Waals surface area contributed by atoms with Crippen LogP contribution < -0.4 is 48.5 Å². The van der Waals surface area contributed by atoms with E-state index in [1.165, 1.54) is 0 Å². The van der Waals surface area contributed by atoms with Crippen molar-refractivity contribution >= 4 is 12.0 Å². The first-order chi connectivity index (χ1) is 23.0. The Kier molecular flexibility index (Phi) is 18.2. The van der Waals surface area contributed by atoms with Gasteiger partial charge in [0.1, 0.15) is 54.8 Å². The van der Waals surface area contributed by atoms with Crippen molar-refractivity contribution in [1.29, 1.82) is 0 Å². The first kappa shape index (κ1) is 39.7. The van der Waals surface area contributed by atoms with Gasteiger partial charge in [0.2, 0.25) is 0 Å². The molecule has 0 unspecified atom stereocenters. The zero-order valence-electron chi connectivity index (χ0n) is 27.4. The first-order valence-corrected chi connectivity index (χ1v) is 16.5. The number of hydrogen-bond donors (Lipinski definition) is 3. The second-order valence-electron chi connectivity index (χ2n) is 11.3. The molecule has 0 bridgehead atoms. The van der Waals surface area contributed by atoms with Crippen LogP contribution in [0.5, 0.6) is 23.0 Å². The van der Waals surface area contributed by atoms with Gasteiger partial charge < -0.3 is 43.6 Å². The number of unbranched alkanes of at least 4 members (excludes halogenated alkanes) is 1. The van der Waals surface area contributed by atoms with E-state index in [-0.39, 0.29) is 75.8 Å². The Bertz CT molecular complexity index is 1290. The van der Waals surface area contributed by atoms with E-state index in [1.54, 1.807) is 0 Å². The van der Waals surface area contributed by atoms with E-state index in [2.05, 4.69) is 0 Å². The van der Waals surface area contributed by atoms with Gasteiger partial charge in [0.15, 0.2) is 0 Å². The van der Waals surface area contributed by atoms with Gasteiger partial charge in [-0.05, 0) is 89.4 Å². The van der Waals surface area contributed by atoms with E-state index in [0.717, 1.165) is 35.1 Å². The summed E-state index contributed by atoms with van der Waals surface area (Å²) in [5.41, 5.74) is 2.56. The molecular weight excluding hydrogens is 643 g/mol. The minimum Gasteiger partial charge on any atom is -0.799 e. The van der Waals surface area contributed by atoms with Crippen molar-refractivity contribution in [3.8, 4) is 23.0 Å². The molecule has 4 aromatic rings. The summed E-state index contributed by atoms with van der Waals surface area (Å²) < 4.78 is 41.5. The summed E-state index contributed by atoms with van der Waals surface area (Å²) in [4.78, 5) is 0. The second kappa shape index (κ2) is 22.0. The average molecular weight is 687 g/mol. The second-order valence-corrected chi connectivity index (χ2v) is 11.9. The van der Waals surface area contributed by atoms with E-state index in [1.807, 2.05) is 97.1 Å². The molecule has 0 aliphatic carbocycles. The van der Waals surface area contributed by atoms with Crippen LogP contribution in [0, 0.1) is 5.41 Å². The molecule has 11 heteroatoms. The van der Waals surface area contributed by atoms with E-state index in [9.17, 15) is 19.9 Å². The maximum atomic E-state index is 10.5. The van der Waals surface area contributed by atoms with Crippen LogP contribution in [-0.4, -0.2) is 58.7 Å². The summed E-state index contributed by atoms with van der Waals surface area (Å²) in [6.45, 7) is 1.66. The molecule has 0 fully saturated rings. The van der Waals surface area contributed by atoms with Crippen LogP contribution in [0.25, 0.3) is 0 Å². The minimum atomic E-state index is -0.800. The molecule has 0 atom stereocenters. The first-order valence-electron chi connectivity index (χ1n) is 15.6. The van der Waals surface area contributed by atoms with Gasteiger partial charge in [0, 0.05) is 6.61 Å². The Morgan fingerprint density at radius 1 is 0.500 bits per heavy atom. The fraction of sp³-hybridized carbons (Fsp3) is 0.351. The largest absolute Gasteiger partial charge is 1.00 e. The Hall–Kier alpha value is -2.77. The predicted octanol–water partition coefficient (Wildman–Crippen LogP) is 2.93. The molecule has 0 amide bonds. The number of benzene rings is 4. The van der Waals surface area contributed by atoms with E-state index in [4.69, 9.17) is 23.7 Å². The third-order valence-electron chi connectivity index (χ3n) is 7.46. The number of ether oxygens (including phenoxy) is 5. The quantitative estimate of drug-likeness (QED) is 0.0645. The molecule has 4 rings (SSSR count). The van der Waals surface area contributed by atoms with Gasteiger partial charge in [-0.25, -0.2) is 0 Å². The monoisotopic (exact) mass is 686 g/mol. The number of aliphatic hydroxyl groups excluding tert-OH is 3. The molecule has 9 nitrogen and oxygen atoms in total. The van der Waals surface area contributed by atoms with Gasteiger partial charge in [-0.2, -0.15) is 0 Å². The summed E-state index contributed by atoms with van der Waals surface area (Å²) in [5, 5.41) is 28.4. The van der Waals surface area contributed by atoms with Crippen molar-refractivity contribution in [2.45, 2.75) is 39.3 Å². The minimum absolute atomic E-state index is 0. The number of rotatable bonds is 22. The molecule has 0 spiro atoms. The summed E-state index contributed by atoms with van der Waals surface area (Å²) >= 11 is 0.605. The van der Waals surface area contributed by atoms with Crippen LogP contribution in [0.4, 0.5) is 0 Å². The van der Waals surface area contributed by atoms with Crippen LogP contribution in [0.2, 0.25) is 0 Å². The normalized spacial score (nSPS) is 11.1. The van der Waals surface area contributed by atoms with Gasteiger partial charge in [0.05, 0.1) is 26.4 Å². The van der Waals surface area contributed by atoms with E-state index >= 15 is 0 Å². The molecule has 0 aliphatic rings. The van der Waals surface area contributed by atoms with Crippen LogP contribution in [0.15, 0.2) is 97.1 Å². The molecular formula is C37H43NaO9S. The molecule has 4 aromatic carbocycles. The van der Waals surface area contributed by atoms with Gasteiger partial charge in [-0.3, -0.25) is 12.0 Å². The molecule has 252 valence electrons. The van der Waals surface area contributed by atoms with Crippen LogP contribution in [0.3, 0.4) is 0 Å². The van der Waals surface area contributed by atoms with Crippen molar-refractivity contribution in [3.05, 3.63) is 119 Å². The Balaban J connectivity index is 0.00000625. The number of aliphatic hydroxyl groups is 3. The molecule has 0 saturated carbocycles. The zero-order valence-corrected chi connectivity index (χ0v) is 30.2. The standard InChI is InChI=1S/C37H44O9S.Na/c38-21-29-3-11-33(12-4-29)43-25-37(26-44-34-13-5-30(22-39)6-14-34,27-45-35-15-7-31(23-40)8-16-35)28-46-36-17-9-32(10-18-36)24-42-19-1-2-20-47-41;/h3-18,38-41H,1-2,19-28H2;/q;+1/p-1. The van der Waals surface area contributed by atoms with Crippen LogP contribution in [-0.2, 0) is 31.2 Å². The van der Waals surface area contributed by atoms with Gasteiger partial charge >= 0.3 is 29.6 Å². The Labute approximate surface area is 309 Å². The third-order valence-corrected chi connectivity index (χ3v) is 7.91. The summed E-state index contributed by atoms with van der Waals surface area (Å²) in [6.07, 6.45) is 1.70. The van der Waals surface area contributed by atoms with E-state index in [0.29, 0.717) is 54.0 Å². The number of hydrogen-bond acceptors (Lipinski definition) is 10. The van der Waals surface area contributed by atoms with Crippen molar-refractivity contribution < 1.29 is 73.1 Å². The maximum absolute atomic E-state index is 10.5. The SMILES string of the molecule is [Na+].[O-]SCCCCOCc1ccc(OCC(COc2ccc(CO)cc2)(COc2ccc(CO)cc2)COc2ccc(CO)cc2)cc1. The smallest absolute Gasteiger partial charge is 0.799 e. The molecule has 0 heterocycles. The van der Waals surface area contributed by atoms with Gasteiger partial charge in [0.25, 0.3) is 0 Å².